The van der Waals surface area contributed by atoms with E-state index in [2.05, 4.69) is 26.1 Å². The first-order valence-corrected chi connectivity index (χ1v) is 8.06. The average molecular weight is 376 g/mol. The molecule has 0 aliphatic rings. The van der Waals surface area contributed by atoms with Crippen LogP contribution in [0, 0.1) is 10.1 Å². The number of nitrogens with one attached hydrogen (secondary N) is 3. The first kappa shape index (κ1) is 19.8. The van der Waals surface area contributed by atoms with Gasteiger partial charge >= 0.3 is 5.69 Å². The van der Waals surface area contributed by atoms with Crippen molar-refractivity contribution in [3.63, 3.8) is 0 Å². The lowest BCUT2D eigenvalue weighted by molar-refractivity contribution is -0.383. The van der Waals surface area contributed by atoms with Gasteiger partial charge in [-0.1, -0.05) is 18.2 Å². The summed E-state index contributed by atoms with van der Waals surface area (Å²) in [5.41, 5.74) is 4.37. The van der Waals surface area contributed by atoms with Crippen LogP contribution in [0.3, 0.4) is 0 Å². The van der Waals surface area contributed by atoms with Crippen LogP contribution in [0.25, 0.3) is 0 Å². The normalized spacial score (nSPS) is 10.1. The van der Waals surface area contributed by atoms with Crippen molar-refractivity contribution in [2.45, 2.75) is 6.42 Å². The lowest BCUT2D eigenvalue weighted by Gasteiger charge is -2.11. The standard InChI is InChI=1S/C16H20N6O5/c1-26-9-5-8-17-15-14(22(24)25)16(19-11-18-15)21-20-13(23)10-27-12-6-3-2-4-7-12/h2-4,6-7,11H,5,8-10H2,1H3,(H,20,23)(H2,17,18,19,21). The molecule has 144 valence electrons. The quantitative estimate of drug-likeness (QED) is 0.301. The van der Waals surface area contributed by atoms with E-state index in [9.17, 15) is 14.9 Å². The molecule has 0 spiro atoms. The van der Waals surface area contributed by atoms with Gasteiger partial charge in [-0.2, -0.15) is 0 Å². The molecule has 2 aromatic rings. The summed E-state index contributed by atoms with van der Waals surface area (Å²) in [7, 11) is 1.57. The molecule has 27 heavy (non-hydrogen) atoms. The van der Waals surface area contributed by atoms with Crippen LogP contribution in [0.4, 0.5) is 17.3 Å². The van der Waals surface area contributed by atoms with E-state index in [0.29, 0.717) is 25.3 Å². The highest BCUT2D eigenvalue weighted by Gasteiger charge is 2.23. The molecule has 0 bridgehead atoms. The lowest BCUT2D eigenvalue weighted by Crippen LogP contribution is -2.34. The van der Waals surface area contributed by atoms with Crippen LogP contribution in [-0.4, -0.2) is 47.7 Å². The van der Waals surface area contributed by atoms with E-state index in [1.54, 1.807) is 31.4 Å². The number of methoxy groups -OCH3 is 1. The molecule has 2 rings (SSSR count). The highest BCUT2D eigenvalue weighted by atomic mass is 16.6. The number of hydrogen-bond donors (Lipinski definition) is 3. The molecule has 0 saturated carbocycles. The van der Waals surface area contributed by atoms with Crippen LogP contribution >= 0.6 is 0 Å². The molecule has 1 heterocycles. The minimum Gasteiger partial charge on any atom is -0.484 e. The predicted molar refractivity (Wildman–Crippen MR) is 97.4 cm³/mol. The molecule has 0 fully saturated rings. The van der Waals surface area contributed by atoms with Crippen molar-refractivity contribution in [2.75, 3.05) is 37.6 Å². The maximum Gasteiger partial charge on any atom is 0.354 e. The Morgan fingerprint density at radius 3 is 2.67 bits per heavy atom. The first-order chi connectivity index (χ1) is 13.1. The molecule has 11 nitrogen and oxygen atoms in total. The first-order valence-electron chi connectivity index (χ1n) is 8.06. The number of ether oxygens (including phenoxy) is 2. The largest absolute Gasteiger partial charge is 0.484 e. The number of aromatic nitrogens is 2. The van der Waals surface area contributed by atoms with Crippen LogP contribution < -0.4 is 20.9 Å². The minimum atomic E-state index is -0.631. The molecule has 11 heteroatoms. The number of hydrazine groups is 1. The number of benzene rings is 1. The van der Waals surface area contributed by atoms with Crippen molar-refractivity contribution >= 4 is 23.2 Å². The highest BCUT2D eigenvalue weighted by Crippen LogP contribution is 2.28. The zero-order valence-corrected chi connectivity index (χ0v) is 14.7. The molecular weight excluding hydrogens is 356 g/mol. The van der Waals surface area contributed by atoms with Crippen LogP contribution in [-0.2, 0) is 9.53 Å². The van der Waals surface area contributed by atoms with Crippen molar-refractivity contribution in [3.8, 4) is 5.75 Å². The molecule has 0 aliphatic heterocycles. The number of nitrogens with zero attached hydrogens (tertiary/aromatic N) is 3. The average Bonchev–Trinajstić information content (AvgIpc) is 2.68. The number of anilines is 2. The van der Waals surface area contributed by atoms with Gasteiger partial charge in [0.2, 0.25) is 11.6 Å². The molecule has 0 atom stereocenters. The lowest BCUT2D eigenvalue weighted by atomic mass is 10.3. The van der Waals surface area contributed by atoms with Crippen LogP contribution in [0.1, 0.15) is 6.42 Å². The van der Waals surface area contributed by atoms with Crippen LogP contribution in [0.5, 0.6) is 5.75 Å². The van der Waals surface area contributed by atoms with Crippen LogP contribution in [0.15, 0.2) is 36.7 Å². The van der Waals surface area contributed by atoms with Gasteiger partial charge in [-0.3, -0.25) is 25.8 Å². The van der Waals surface area contributed by atoms with Crippen molar-refractivity contribution in [1.82, 2.24) is 15.4 Å². The summed E-state index contributed by atoms with van der Waals surface area (Å²) in [4.78, 5) is 30.3. The monoisotopic (exact) mass is 376 g/mol. The second-order valence-corrected chi connectivity index (χ2v) is 5.22. The zero-order chi connectivity index (χ0) is 19.5. The molecule has 0 saturated heterocycles. The van der Waals surface area contributed by atoms with Crippen molar-refractivity contribution < 1.29 is 19.2 Å². The Morgan fingerprint density at radius 2 is 1.96 bits per heavy atom. The van der Waals surface area contributed by atoms with Gasteiger partial charge in [-0.05, 0) is 18.6 Å². The second kappa shape index (κ2) is 10.5. The van der Waals surface area contributed by atoms with E-state index in [4.69, 9.17) is 9.47 Å². The third kappa shape index (κ3) is 6.40. The summed E-state index contributed by atoms with van der Waals surface area (Å²) < 4.78 is 10.2. The SMILES string of the molecule is COCCCNc1ncnc(NNC(=O)COc2ccccc2)c1[N+](=O)[O-]. The number of carbonyl (C=O) groups excluding carboxylic acids is 1. The van der Waals surface area contributed by atoms with E-state index < -0.39 is 10.8 Å². The Morgan fingerprint density at radius 1 is 1.22 bits per heavy atom. The maximum absolute atomic E-state index is 11.9. The summed E-state index contributed by atoms with van der Waals surface area (Å²) in [5, 5.41) is 14.2. The fourth-order valence-corrected chi connectivity index (χ4v) is 2.03. The summed E-state index contributed by atoms with van der Waals surface area (Å²) in [5.74, 6) is -0.0923. The fraction of sp³-hybridized carbons (Fsp3) is 0.312. The number of nitro groups is 1. The minimum absolute atomic E-state index is 0.0448. The molecule has 0 unspecified atom stereocenters. The van der Waals surface area contributed by atoms with Gasteiger partial charge in [0.15, 0.2) is 6.61 Å². The Hall–Kier alpha value is -3.47. The predicted octanol–water partition coefficient (Wildman–Crippen LogP) is 1.36. The Bertz CT molecular complexity index is 758. The summed E-state index contributed by atoms with van der Waals surface area (Å²) in [6.07, 6.45) is 1.80. The molecule has 0 aliphatic carbocycles. The highest BCUT2D eigenvalue weighted by molar-refractivity contribution is 5.80. The van der Waals surface area contributed by atoms with Crippen molar-refractivity contribution in [3.05, 3.63) is 46.8 Å². The van der Waals surface area contributed by atoms with E-state index in [1.165, 1.54) is 0 Å². The van der Waals surface area contributed by atoms with Gasteiger partial charge in [0.05, 0.1) is 4.92 Å². The summed E-state index contributed by atoms with van der Waals surface area (Å²) in [6.45, 7) is 0.675. The molecule has 1 aromatic heterocycles. The molecule has 3 N–H and O–H groups in total. The second-order valence-electron chi connectivity index (χ2n) is 5.22. The van der Waals surface area contributed by atoms with Gasteiger partial charge in [-0.25, -0.2) is 9.97 Å². The Balaban J connectivity index is 1.94. The number of amides is 1. The molecular formula is C16H20N6O5. The van der Waals surface area contributed by atoms with E-state index in [1.807, 2.05) is 6.07 Å². The number of carbonyl (C=O) groups is 1. The van der Waals surface area contributed by atoms with Gasteiger partial charge in [0.1, 0.15) is 12.1 Å². The van der Waals surface area contributed by atoms with E-state index >= 15 is 0 Å². The van der Waals surface area contributed by atoms with Gasteiger partial charge in [0, 0.05) is 20.3 Å². The van der Waals surface area contributed by atoms with Gasteiger partial charge in [-0.15, -0.1) is 0 Å². The van der Waals surface area contributed by atoms with Crippen molar-refractivity contribution in [1.29, 1.82) is 0 Å². The maximum atomic E-state index is 11.9. The number of hydrogen-bond acceptors (Lipinski definition) is 9. The Labute approximate surface area is 155 Å². The molecule has 1 amide bonds. The van der Waals surface area contributed by atoms with Crippen molar-refractivity contribution in [2.24, 2.45) is 0 Å². The van der Waals surface area contributed by atoms with Gasteiger partial charge in [0.25, 0.3) is 5.91 Å². The zero-order valence-electron chi connectivity index (χ0n) is 14.7. The fourth-order valence-electron chi connectivity index (χ4n) is 2.03. The van der Waals surface area contributed by atoms with E-state index in [-0.39, 0.29) is 23.9 Å². The third-order valence-corrected chi connectivity index (χ3v) is 3.26. The molecule has 1 aromatic carbocycles. The third-order valence-electron chi connectivity index (χ3n) is 3.26. The number of para-hydroxylation sites is 1. The summed E-state index contributed by atoms with van der Waals surface area (Å²) in [6, 6.07) is 8.78. The van der Waals surface area contributed by atoms with E-state index in [0.717, 1.165) is 6.33 Å². The Kier molecular flexibility index (Phi) is 7.72. The summed E-state index contributed by atoms with van der Waals surface area (Å²) >= 11 is 0. The molecule has 0 radical (unpaired) electrons. The number of rotatable bonds is 11. The van der Waals surface area contributed by atoms with Crippen LogP contribution in [0.2, 0.25) is 0 Å². The van der Waals surface area contributed by atoms with Gasteiger partial charge < -0.3 is 14.8 Å². The smallest absolute Gasteiger partial charge is 0.354 e. The topological polar surface area (TPSA) is 141 Å².